The Morgan fingerprint density at radius 3 is 2.19 bits per heavy atom. The minimum Gasteiger partial charge on any atom is -0.376 e. The number of hydrogen-bond donors (Lipinski definition) is 3. The first-order chi connectivity index (χ1) is 13.1. The van der Waals surface area contributed by atoms with Crippen LogP contribution >= 0.6 is 0 Å². The Morgan fingerprint density at radius 1 is 0.889 bits per heavy atom. The normalized spacial score (nSPS) is 14.4. The third-order valence-corrected chi connectivity index (χ3v) is 4.67. The fourth-order valence-corrected chi connectivity index (χ4v) is 3.18. The average Bonchev–Trinajstić information content (AvgIpc) is 2.69. The summed E-state index contributed by atoms with van der Waals surface area (Å²) in [7, 11) is 0. The van der Waals surface area contributed by atoms with Crippen molar-refractivity contribution >= 4 is 23.2 Å². The van der Waals surface area contributed by atoms with Crippen LogP contribution in [0.4, 0.5) is 15.8 Å². The number of halogens is 1. The van der Waals surface area contributed by atoms with Gasteiger partial charge in [-0.3, -0.25) is 9.59 Å². The predicted octanol–water partition coefficient (Wildman–Crippen LogP) is 3.94. The third-order valence-electron chi connectivity index (χ3n) is 4.67. The zero-order valence-corrected chi connectivity index (χ0v) is 15.1. The maximum Gasteiger partial charge on any atom is 0.251 e. The van der Waals surface area contributed by atoms with Gasteiger partial charge in [-0.15, -0.1) is 0 Å². The molecule has 0 atom stereocenters. The molecule has 1 aliphatic carbocycles. The van der Waals surface area contributed by atoms with Gasteiger partial charge in [-0.25, -0.2) is 4.39 Å². The smallest absolute Gasteiger partial charge is 0.251 e. The summed E-state index contributed by atoms with van der Waals surface area (Å²) in [6, 6.07) is 12.9. The van der Waals surface area contributed by atoms with Crippen molar-refractivity contribution in [2.45, 2.75) is 38.1 Å². The van der Waals surface area contributed by atoms with E-state index in [1.54, 1.807) is 24.3 Å². The molecule has 1 aliphatic rings. The molecule has 2 aromatic rings. The summed E-state index contributed by atoms with van der Waals surface area (Å²) >= 11 is 0. The lowest BCUT2D eigenvalue weighted by atomic mass is 9.95. The van der Waals surface area contributed by atoms with E-state index in [2.05, 4.69) is 16.0 Å². The average molecular weight is 369 g/mol. The van der Waals surface area contributed by atoms with Gasteiger partial charge >= 0.3 is 0 Å². The molecule has 0 saturated heterocycles. The molecular formula is C21H24FN3O2. The highest BCUT2D eigenvalue weighted by Crippen LogP contribution is 2.18. The monoisotopic (exact) mass is 369 g/mol. The molecule has 3 N–H and O–H groups in total. The Labute approximate surface area is 158 Å². The van der Waals surface area contributed by atoms with Crippen LogP contribution in [0, 0.1) is 5.82 Å². The van der Waals surface area contributed by atoms with Gasteiger partial charge in [0.05, 0.1) is 6.54 Å². The number of amides is 2. The van der Waals surface area contributed by atoms with E-state index in [1.807, 2.05) is 0 Å². The standard InChI is InChI=1S/C21H24FN3O2/c22-16-8-12-19(13-9-16)24-20(26)14-23-17-10-6-15(7-11-17)21(27)25-18-4-2-1-3-5-18/h6-13,18,23H,1-5,14H2,(H,24,26)(H,25,27). The molecule has 0 spiro atoms. The van der Waals surface area contributed by atoms with Gasteiger partial charge in [-0.1, -0.05) is 19.3 Å². The van der Waals surface area contributed by atoms with Crippen LogP contribution in [0.25, 0.3) is 0 Å². The van der Waals surface area contributed by atoms with Crippen LogP contribution in [0.2, 0.25) is 0 Å². The molecule has 142 valence electrons. The van der Waals surface area contributed by atoms with Gasteiger partial charge in [-0.2, -0.15) is 0 Å². The van der Waals surface area contributed by atoms with E-state index in [9.17, 15) is 14.0 Å². The number of nitrogens with one attached hydrogen (secondary N) is 3. The van der Waals surface area contributed by atoms with Crippen molar-refractivity contribution in [3.05, 3.63) is 59.9 Å². The molecule has 1 fully saturated rings. The number of hydrogen-bond acceptors (Lipinski definition) is 3. The molecule has 3 rings (SSSR count). The lowest BCUT2D eigenvalue weighted by molar-refractivity contribution is -0.114. The van der Waals surface area contributed by atoms with Gasteiger partial charge < -0.3 is 16.0 Å². The molecule has 1 saturated carbocycles. The van der Waals surface area contributed by atoms with Gasteiger partial charge in [-0.05, 0) is 61.4 Å². The summed E-state index contributed by atoms with van der Waals surface area (Å²) in [6.07, 6.45) is 5.70. The van der Waals surface area contributed by atoms with Crippen LogP contribution in [0.5, 0.6) is 0 Å². The second-order valence-corrected chi connectivity index (χ2v) is 6.79. The highest BCUT2D eigenvalue weighted by atomic mass is 19.1. The quantitative estimate of drug-likeness (QED) is 0.722. The van der Waals surface area contributed by atoms with Crippen molar-refractivity contribution in [1.29, 1.82) is 0 Å². The van der Waals surface area contributed by atoms with Crippen molar-refractivity contribution < 1.29 is 14.0 Å². The third kappa shape index (κ3) is 5.81. The van der Waals surface area contributed by atoms with E-state index in [0.717, 1.165) is 18.5 Å². The molecule has 0 heterocycles. The molecule has 0 unspecified atom stereocenters. The van der Waals surface area contributed by atoms with E-state index in [1.165, 1.54) is 43.5 Å². The number of rotatable bonds is 6. The molecule has 2 amide bonds. The summed E-state index contributed by atoms with van der Waals surface area (Å²) in [5, 5.41) is 8.77. The number of benzene rings is 2. The minimum atomic E-state index is -0.348. The Balaban J connectivity index is 1.46. The molecular weight excluding hydrogens is 345 g/mol. The Hall–Kier alpha value is -2.89. The molecule has 5 nitrogen and oxygen atoms in total. The van der Waals surface area contributed by atoms with Gasteiger partial charge in [0.25, 0.3) is 5.91 Å². The molecule has 0 bridgehead atoms. The Morgan fingerprint density at radius 2 is 1.52 bits per heavy atom. The van der Waals surface area contributed by atoms with E-state index >= 15 is 0 Å². The van der Waals surface area contributed by atoms with Crippen LogP contribution in [-0.2, 0) is 4.79 Å². The molecule has 2 aromatic carbocycles. The van der Waals surface area contributed by atoms with Crippen molar-refractivity contribution in [2.75, 3.05) is 17.2 Å². The topological polar surface area (TPSA) is 70.2 Å². The minimum absolute atomic E-state index is 0.0532. The Bertz CT molecular complexity index is 769. The van der Waals surface area contributed by atoms with Crippen LogP contribution in [-0.4, -0.2) is 24.4 Å². The van der Waals surface area contributed by atoms with E-state index in [0.29, 0.717) is 11.3 Å². The predicted molar refractivity (Wildman–Crippen MR) is 104 cm³/mol. The fraction of sp³-hybridized carbons (Fsp3) is 0.333. The van der Waals surface area contributed by atoms with E-state index in [4.69, 9.17) is 0 Å². The lowest BCUT2D eigenvalue weighted by Gasteiger charge is -2.22. The molecule has 0 radical (unpaired) electrons. The van der Waals surface area contributed by atoms with Gasteiger partial charge in [0.2, 0.25) is 5.91 Å². The number of anilines is 2. The lowest BCUT2D eigenvalue weighted by Crippen LogP contribution is -2.36. The molecule has 0 aromatic heterocycles. The van der Waals surface area contributed by atoms with Gasteiger partial charge in [0, 0.05) is 23.0 Å². The maximum absolute atomic E-state index is 12.9. The number of carbonyl (C=O) groups excluding carboxylic acids is 2. The SMILES string of the molecule is O=C(CNc1ccc(C(=O)NC2CCCCC2)cc1)Nc1ccc(F)cc1. The zero-order chi connectivity index (χ0) is 19.1. The second-order valence-electron chi connectivity index (χ2n) is 6.79. The van der Waals surface area contributed by atoms with Crippen molar-refractivity contribution in [3.63, 3.8) is 0 Å². The molecule has 0 aliphatic heterocycles. The van der Waals surface area contributed by atoms with Crippen molar-refractivity contribution in [3.8, 4) is 0 Å². The highest BCUT2D eigenvalue weighted by Gasteiger charge is 2.16. The van der Waals surface area contributed by atoms with Gasteiger partial charge in [0.15, 0.2) is 0 Å². The zero-order valence-electron chi connectivity index (χ0n) is 15.1. The van der Waals surface area contributed by atoms with Crippen LogP contribution in [0.1, 0.15) is 42.5 Å². The summed E-state index contributed by atoms with van der Waals surface area (Å²) in [4.78, 5) is 24.2. The highest BCUT2D eigenvalue weighted by molar-refractivity contribution is 5.95. The van der Waals surface area contributed by atoms with Crippen LogP contribution < -0.4 is 16.0 Å². The first-order valence-electron chi connectivity index (χ1n) is 9.30. The summed E-state index contributed by atoms with van der Waals surface area (Å²) in [5.74, 6) is -0.637. The summed E-state index contributed by atoms with van der Waals surface area (Å²) in [6.45, 7) is 0.0744. The first-order valence-corrected chi connectivity index (χ1v) is 9.30. The van der Waals surface area contributed by atoms with E-state index < -0.39 is 0 Å². The maximum atomic E-state index is 12.9. The fourth-order valence-electron chi connectivity index (χ4n) is 3.18. The number of carbonyl (C=O) groups is 2. The van der Waals surface area contributed by atoms with Gasteiger partial charge in [0.1, 0.15) is 5.82 Å². The van der Waals surface area contributed by atoms with Crippen LogP contribution in [0.3, 0.4) is 0 Å². The summed E-state index contributed by atoms with van der Waals surface area (Å²) in [5.41, 5.74) is 1.90. The molecule has 6 heteroatoms. The van der Waals surface area contributed by atoms with Crippen molar-refractivity contribution in [1.82, 2.24) is 5.32 Å². The van der Waals surface area contributed by atoms with E-state index in [-0.39, 0.29) is 30.2 Å². The Kier molecular flexibility index (Phi) is 6.41. The largest absolute Gasteiger partial charge is 0.376 e. The van der Waals surface area contributed by atoms with Crippen LogP contribution in [0.15, 0.2) is 48.5 Å². The molecule has 27 heavy (non-hydrogen) atoms. The second kappa shape index (κ2) is 9.16. The summed E-state index contributed by atoms with van der Waals surface area (Å²) < 4.78 is 12.9. The van der Waals surface area contributed by atoms with Crippen molar-refractivity contribution in [2.24, 2.45) is 0 Å². The first kappa shape index (κ1) is 18.9.